The van der Waals surface area contributed by atoms with Crippen LogP contribution in [0.1, 0.15) is 21.9 Å². The van der Waals surface area contributed by atoms with E-state index < -0.39 is 0 Å². The lowest BCUT2D eigenvalue weighted by atomic mass is 9.88. The van der Waals surface area contributed by atoms with Crippen molar-refractivity contribution in [1.82, 2.24) is 4.90 Å². The quantitative estimate of drug-likeness (QED) is 0.651. The number of fused-ring (bicyclic) bond motifs is 2. The zero-order valence-corrected chi connectivity index (χ0v) is 16.3. The van der Waals surface area contributed by atoms with Gasteiger partial charge < -0.3 is 14.5 Å². The molecule has 1 atom stereocenters. The third kappa shape index (κ3) is 3.24. The molecule has 0 amide bonds. The molecule has 1 unspecified atom stereocenters. The molecule has 0 spiro atoms. The van der Waals surface area contributed by atoms with Crippen molar-refractivity contribution in [1.29, 1.82) is 0 Å². The van der Waals surface area contributed by atoms with Crippen LogP contribution < -0.4 is 4.90 Å². The molecule has 2 aliphatic rings. The summed E-state index contributed by atoms with van der Waals surface area (Å²) in [5, 5.41) is 1.01. The van der Waals surface area contributed by atoms with E-state index in [0.29, 0.717) is 5.92 Å². The number of hydrogen-bond donors (Lipinski definition) is 0. The van der Waals surface area contributed by atoms with Crippen molar-refractivity contribution in [2.45, 2.75) is 12.5 Å². The van der Waals surface area contributed by atoms with E-state index in [1.165, 1.54) is 21.7 Å². The van der Waals surface area contributed by atoms with Crippen LogP contribution in [0.3, 0.4) is 0 Å². The second kappa shape index (κ2) is 6.89. The lowest BCUT2D eigenvalue weighted by molar-refractivity contribution is 0.122. The van der Waals surface area contributed by atoms with Crippen molar-refractivity contribution in [2.24, 2.45) is 0 Å². The number of anilines is 1. The molecule has 3 aromatic rings. The molecule has 0 N–H and O–H groups in total. The van der Waals surface area contributed by atoms with E-state index in [4.69, 9.17) is 4.74 Å². The number of likely N-dealkylation sites (N-methyl/N-ethyl adjacent to an activating group) is 1. The second-order valence-electron chi connectivity index (χ2n) is 7.56. The molecule has 0 aliphatic carbocycles. The van der Waals surface area contributed by atoms with Crippen LogP contribution in [0.15, 0.2) is 42.5 Å². The molecule has 3 heterocycles. The minimum Gasteiger partial charge on any atom is -0.378 e. The lowest BCUT2D eigenvalue weighted by Gasteiger charge is -2.34. The molecule has 27 heavy (non-hydrogen) atoms. The highest BCUT2D eigenvalue weighted by atomic mass is 32.1. The average molecular weight is 383 g/mol. The zero-order valence-electron chi connectivity index (χ0n) is 15.5. The fourth-order valence-corrected chi connectivity index (χ4v) is 5.46. The summed E-state index contributed by atoms with van der Waals surface area (Å²) in [7, 11) is 2.18. The SMILES string of the molecule is CN1Cc2cc(N3CCOCC3)ccc2C(c2cc3cc(F)ccc3s2)C1. The van der Waals surface area contributed by atoms with Crippen molar-refractivity contribution in [3.8, 4) is 0 Å². The van der Waals surface area contributed by atoms with E-state index in [9.17, 15) is 4.39 Å². The van der Waals surface area contributed by atoms with Gasteiger partial charge in [-0.3, -0.25) is 0 Å². The van der Waals surface area contributed by atoms with Gasteiger partial charge in [0.1, 0.15) is 5.82 Å². The molecule has 0 radical (unpaired) electrons. The Bertz CT molecular complexity index is 980. The van der Waals surface area contributed by atoms with Crippen molar-refractivity contribution in [2.75, 3.05) is 44.8 Å². The molecular weight excluding hydrogens is 359 g/mol. The van der Waals surface area contributed by atoms with Crippen LogP contribution in [0, 0.1) is 5.82 Å². The topological polar surface area (TPSA) is 15.7 Å². The number of hydrogen-bond acceptors (Lipinski definition) is 4. The largest absolute Gasteiger partial charge is 0.378 e. The fraction of sp³-hybridized carbons (Fsp3) is 0.364. The normalized spacial score (nSPS) is 20.8. The van der Waals surface area contributed by atoms with Gasteiger partial charge in [0, 0.05) is 47.4 Å². The molecule has 140 valence electrons. The first kappa shape index (κ1) is 17.2. The van der Waals surface area contributed by atoms with Gasteiger partial charge in [0.25, 0.3) is 0 Å². The number of thiophene rings is 1. The van der Waals surface area contributed by atoms with Gasteiger partial charge in [-0.25, -0.2) is 4.39 Å². The minimum absolute atomic E-state index is 0.164. The molecule has 5 rings (SSSR count). The molecular formula is C22H23FN2OS. The van der Waals surface area contributed by atoms with Gasteiger partial charge in [-0.1, -0.05) is 6.07 Å². The molecule has 5 heteroatoms. The maximum absolute atomic E-state index is 13.6. The number of morpholine rings is 1. The first-order valence-electron chi connectivity index (χ1n) is 9.50. The predicted octanol–water partition coefficient (Wildman–Crippen LogP) is 4.45. The number of halogens is 1. The lowest BCUT2D eigenvalue weighted by Crippen LogP contribution is -2.36. The van der Waals surface area contributed by atoms with Gasteiger partial charge in [0.15, 0.2) is 0 Å². The second-order valence-corrected chi connectivity index (χ2v) is 8.68. The monoisotopic (exact) mass is 382 g/mol. The van der Waals surface area contributed by atoms with Gasteiger partial charge in [-0.15, -0.1) is 11.3 Å². The first-order valence-corrected chi connectivity index (χ1v) is 10.3. The summed E-state index contributed by atoms with van der Waals surface area (Å²) in [6.45, 7) is 5.50. The molecule has 3 nitrogen and oxygen atoms in total. The van der Waals surface area contributed by atoms with Crippen molar-refractivity contribution < 1.29 is 9.13 Å². The third-order valence-corrected chi connectivity index (χ3v) is 6.88. The van der Waals surface area contributed by atoms with Crippen LogP contribution in [0.5, 0.6) is 0 Å². The zero-order chi connectivity index (χ0) is 18.4. The summed E-state index contributed by atoms with van der Waals surface area (Å²) >= 11 is 1.79. The number of rotatable bonds is 2. The van der Waals surface area contributed by atoms with Crippen LogP contribution in [-0.2, 0) is 11.3 Å². The number of ether oxygens (including phenoxy) is 1. The summed E-state index contributed by atoms with van der Waals surface area (Å²) in [5.74, 6) is 0.182. The van der Waals surface area contributed by atoms with Gasteiger partial charge in [0.2, 0.25) is 0 Å². The highest BCUT2D eigenvalue weighted by Crippen LogP contribution is 2.40. The molecule has 1 saturated heterocycles. The van der Waals surface area contributed by atoms with E-state index in [0.717, 1.165) is 49.5 Å². The molecule has 2 aromatic carbocycles. The standard InChI is InChI=1S/C22H23FN2OS/c1-24-13-16-11-18(25-6-8-26-9-7-25)3-4-19(16)20(14-24)22-12-15-10-17(23)2-5-21(15)27-22/h2-5,10-12,20H,6-9,13-14H2,1H3. The Kier molecular flexibility index (Phi) is 4.38. The molecule has 1 aromatic heterocycles. The summed E-state index contributed by atoms with van der Waals surface area (Å²) in [4.78, 5) is 6.12. The Labute approximate surface area is 163 Å². The summed E-state index contributed by atoms with van der Waals surface area (Å²) in [6, 6.07) is 14.2. The van der Waals surface area contributed by atoms with Crippen LogP contribution in [-0.4, -0.2) is 44.8 Å². The van der Waals surface area contributed by atoms with Crippen molar-refractivity contribution in [3.63, 3.8) is 0 Å². The summed E-state index contributed by atoms with van der Waals surface area (Å²) < 4.78 is 20.2. The summed E-state index contributed by atoms with van der Waals surface area (Å²) in [5.41, 5.74) is 4.11. The first-order chi connectivity index (χ1) is 13.2. The van der Waals surface area contributed by atoms with E-state index in [2.05, 4.69) is 41.1 Å². The average Bonchev–Trinajstić information content (AvgIpc) is 3.10. The number of nitrogens with zero attached hydrogens (tertiary/aromatic N) is 2. The Balaban J connectivity index is 1.53. The van der Waals surface area contributed by atoms with Crippen molar-refractivity contribution >= 4 is 27.1 Å². The van der Waals surface area contributed by atoms with Crippen LogP contribution in [0.25, 0.3) is 10.1 Å². The van der Waals surface area contributed by atoms with Crippen LogP contribution in [0.4, 0.5) is 10.1 Å². The highest BCUT2D eigenvalue weighted by Gasteiger charge is 2.27. The van der Waals surface area contributed by atoms with Gasteiger partial charge >= 0.3 is 0 Å². The van der Waals surface area contributed by atoms with Crippen molar-refractivity contribution in [3.05, 3.63) is 64.3 Å². The van der Waals surface area contributed by atoms with E-state index >= 15 is 0 Å². The maximum Gasteiger partial charge on any atom is 0.123 e. The van der Waals surface area contributed by atoms with E-state index in [1.54, 1.807) is 23.5 Å². The Hall–Kier alpha value is -1.95. The van der Waals surface area contributed by atoms with Gasteiger partial charge in [-0.05, 0) is 60.0 Å². The highest BCUT2D eigenvalue weighted by molar-refractivity contribution is 7.19. The molecule has 1 fully saturated rings. The van der Waals surface area contributed by atoms with Gasteiger partial charge in [0.05, 0.1) is 13.2 Å². The fourth-order valence-electron chi connectivity index (χ4n) is 4.30. The molecule has 2 aliphatic heterocycles. The predicted molar refractivity (Wildman–Crippen MR) is 109 cm³/mol. The Morgan fingerprint density at radius 3 is 2.78 bits per heavy atom. The smallest absolute Gasteiger partial charge is 0.123 e. The minimum atomic E-state index is -0.164. The Morgan fingerprint density at radius 1 is 1.07 bits per heavy atom. The maximum atomic E-state index is 13.6. The molecule has 0 saturated carbocycles. The number of benzene rings is 2. The van der Waals surface area contributed by atoms with Crippen LogP contribution >= 0.6 is 11.3 Å². The van der Waals surface area contributed by atoms with E-state index in [-0.39, 0.29) is 5.82 Å². The van der Waals surface area contributed by atoms with Gasteiger partial charge in [-0.2, -0.15) is 0 Å². The summed E-state index contributed by atoms with van der Waals surface area (Å²) in [6.07, 6.45) is 0. The Morgan fingerprint density at radius 2 is 1.93 bits per heavy atom. The molecule has 0 bridgehead atoms. The third-order valence-electron chi connectivity index (χ3n) is 5.65. The van der Waals surface area contributed by atoms with Crippen LogP contribution in [0.2, 0.25) is 0 Å². The van der Waals surface area contributed by atoms with E-state index in [1.807, 2.05) is 6.07 Å².